The molecule has 0 heterocycles. The smallest absolute Gasteiger partial charge is 0.335 e. The van der Waals surface area contributed by atoms with E-state index in [2.05, 4.69) is 4.72 Å². The number of rotatable bonds is 5. The van der Waals surface area contributed by atoms with Gasteiger partial charge in [0, 0.05) is 0 Å². The lowest BCUT2D eigenvalue weighted by atomic mass is 10.0. The van der Waals surface area contributed by atoms with E-state index in [1.165, 1.54) is 25.3 Å². The second-order valence-corrected chi connectivity index (χ2v) is 7.09. The summed E-state index contributed by atoms with van der Waals surface area (Å²) in [5.74, 6) is -0.810. The molecule has 1 aromatic rings. The van der Waals surface area contributed by atoms with Gasteiger partial charge in [-0.3, -0.25) is 4.72 Å². The summed E-state index contributed by atoms with van der Waals surface area (Å²) in [4.78, 5) is 11.0. The first-order chi connectivity index (χ1) is 9.94. The van der Waals surface area contributed by atoms with Crippen molar-refractivity contribution in [3.63, 3.8) is 0 Å². The van der Waals surface area contributed by atoms with Gasteiger partial charge >= 0.3 is 5.97 Å². The zero-order valence-electron chi connectivity index (χ0n) is 11.8. The van der Waals surface area contributed by atoms with Gasteiger partial charge in [-0.15, -0.1) is 0 Å². The van der Waals surface area contributed by atoms with Crippen LogP contribution in [-0.4, -0.2) is 31.9 Å². The van der Waals surface area contributed by atoms with E-state index in [-0.39, 0.29) is 11.3 Å². The number of carboxylic acids is 1. The molecule has 0 saturated heterocycles. The summed E-state index contributed by atoms with van der Waals surface area (Å²) in [6.07, 6.45) is 4.13. The minimum absolute atomic E-state index is 0.0112. The summed E-state index contributed by atoms with van der Waals surface area (Å²) >= 11 is 0. The normalized spacial score (nSPS) is 16.4. The number of hydrogen-bond acceptors (Lipinski definition) is 4. The van der Waals surface area contributed by atoms with Crippen LogP contribution < -0.4 is 9.46 Å². The van der Waals surface area contributed by atoms with Gasteiger partial charge in [0.15, 0.2) is 0 Å². The fraction of sp³-hybridized carbons (Fsp3) is 0.500. The van der Waals surface area contributed by atoms with Crippen LogP contribution in [0.2, 0.25) is 0 Å². The van der Waals surface area contributed by atoms with E-state index >= 15 is 0 Å². The van der Waals surface area contributed by atoms with Gasteiger partial charge in [0.25, 0.3) is 0 Å². The monoisotopic (exact) mass is 313 g/mol. The number of anilines is 1. The van der Waals surface area contributed by atoms with Crippen molar-refractivity contribution in [2.75, 3.05) is 11.8 Å². The molecule has 0 radical (unpaired) electrons. The molecule has 1 aromatic carbocycles. The van der Waals surface area contributed by atoms with Gasteiger partial charge in [-0.1, -0.05) is 19.3 Å². The first-order valence-electron chi connectivity index (χ1n) is 6.87. The molecule has 0 aromatic heterocycles. The zero-order chi connectivity index (χ0) is 15.5. The molecule has 1 fully saturated rings. The van der Waals surface area contributed by atoms with Crippen LogP contribution in [0.1, 0.15) is 42.5 Å². The number of hydrogen-bond donors (Lipinski definition) is 2. The predicted molar refractivity (Wildman–Crippen MR) is 79.4 cm³/mol. The van der Waals surface area contributed by atoms with Gasteiger partial charge in [0.05, 0.1) is 23.6 Å². The molecule has 0 atom stereocenters. The zero-order valence-corrected chi connectivity index (χ0v) is 12.6. The number of aromatic carboxylic acids is 1. The van der Waals surface area contributed by atoms with Crippen molar-refractivity contribution in [3.05, 3.63) is 23.8 Å². The number of ether oxygens (including phenoxy) is 1. The summed E-state index contributed by atoms with van der Waals surface area (Å²) in [5.41, 5.74) is 0.181. The highest BCUT2D eigenvalue weighted by molar-refractivity contribution is 7.93. The second kappa shape index (κ2) is 6.34. The first-order valence-corrected chi connectivity index (χ1v) is 8.41. The third kappa shape index (κ3) is 3.66. The number of carboxylic acid groups (broad SMARTS) is 1. The minimum atomic E-state index is -3.53. The van der Waals surface area contributed by atoms with Crippen LogP contribution in [0.15, 0.2) is 18.2 Å². The molecule has 1 saturated carbocycles. The van der Waals surface area contributed by atoms with Crippen molar-refractivity contribution < 1.29 is 23.1 Å². The molecule has 0 bridgehead atoms. The lowest BCUT2D eigenvalue weighted by molar-refractivity contribution is 0.0697. The molecule has 1 aliphatic carbocycles. The number of sulfonamides is 1. The van der Waals surface area contributed by atoms with Crippen molar-refractivity contribution >= 4 is 21.7 Å². The lowest BCUT2D eigenvalue weighted by Crippen LogP contribution is -2.29. The molecule has 1 aliphatic rings. The van der Waals surface area contributed by atoms with Gasteiger partial charge in [-0.2, -0.15) is 0 Å². The van der Waals surface area contributed by atoms with Crippen LogP contribution >= 0.6 is 0 Å². The summed E-state index contributed by atoms with van der Waals surface area (Å²) in [5, 5.41) is 8.58. The SMILES string of the molecule is COc1ccc(C(=O)O)cc1NS(=O)(=O)C1CCCCC1. The maximum absolute atomic E-state index is 12.4. The minimum Gasteiger partial charge on any atom is -0.495 e. The van der Waals surface area contributed by atoms with E-state index in [1.807, 2.05) is 0 Å². The van der Waals surface area contributed by atoms with Gasteiger partial charge in [0.1, 0.15) is 5.75 Å². The Balaban J connectivity index is 2.28. The van der Waals surface area contributed by atoms with Crippen molar-refractivity contribution in [2.45, 2.75) is 37.4 Å². The standard InChI is InChI=1S/C14H19NO5S/c1-20-13-8-7-10(14(16)17)9-12(13)15-21(18,19)11-5-3-2-4-6-11/h7-9,11,15H,2-6H2,1H3,(H,16,17). The lowest BCUT2D eigenvalue weighted by Gasteiger charge is -2.23. The van der Waals surface area contributed by atoms with E-state index in [0.717, 1.165) is 19.3 Å². The quantitative estimate of drug-likeness (QED) is 0.871. The van der Waals surface area contributed by atoms with Crippen LogP contribution in [0.5, 0.6) is 5.75 Å². The number of methoxy groups -OCH3 is 1. The summed E-state index contributed by atoms with van der Waals surface area (Å²) in [6, 6.07) is 4.10. The summed E-state index contributed by atoms with van der Waals surface area (Å²) in [6.45, 7) is 0. The van der Waals surface area contributed by atoms with E-state index in [1.54, 1.807) is 0 Å². The fourth-order valence-electron chi connectivity index (χ4n) is 2.53. The Bertz CT molecular complexity index is 620. The van der Waals surface area contributed by atoms with Gasteiger partial charge in [0.2, 0.25) is 10.0 Å². The largest absolute Gasteiger partial charge is 0.495 e. The molecule has 0 spiro atoms. The second-order valence-electron chi connectivity index (χ2n) is 5.13. The molecule has 0 amide bonds. The van der Waals surface area contributed by atoms with E-state index in [9.17, 15) is 13.2 Å². The van der Waals surface area contributed by atoms with Crippen LogP contribution in [0.25, 0.3) is 0 Å². The van der Waals surface area contributed by atoms with Gasteiger partial charge in [-0.25, -0.2) is 13.2 Å². The topological polar surface area (TPSA) is 92.7 Å². The van der Waals surface area contributed by atoms with Gasteiger partial charge in [-0.05, 0) is 31.0 Å². The Labute approximate surface area is 124 Å². The van der Waals surface area contributed by atoms with E-state index in [4.69, 9.17) is 9.84 Å². The van der Waals surface area contributed by atoms with E-state index < -0.39 is 21.2 Å². The maximum atomic E-state index is 12.4. The number of nitrogens with one attached hydrogen (secondary N) is 1. The van der Waals surface area contributed by atoms with Gasteiger partial charge < -0.3 is 9.84 Å². The molecular formula is C14H19NO5S. The highest BCUT2D eigenvalue weighted by Crippen LogP contribution is 2.30. The van der Waals surface area contributed by atoms with Crippen LogP contribution in [0.3, 0.4) is 0 Å². The Morgan fingerprint density at radius 3 is 2.52 bits per heavy atom. The van der Waals surface area contributed by atoms with Crippen molar-refractivity contribution in [2.24, 2.45) is 0 Å². The maximum Gasteiger partial charge on any atom is 0.335 e. The highest BCUT2D eigenvalue weighted by atomic mass is 32.2. The van der Waals surface area contributed by atoms with E-state index in [0.29, 0.717) is 18.6 Å². The number of benzene rings is 1. The summed E-state index contributed by atoms with van der Waals surface area (Å²) < 4.78 is 32.4. The predicted octanol–water partition coefficient (Wildman–Crippen LogP) is 2.47. The average molecular weight is 313 g/mol. The Hall–Kier alpha value is -1.76. The van der Waals surface area contributed by atoms with Crippen LogP contribution in [0, 0.1) is 0 Å². The third-order valence-corrected chi connectivity index (χ3v) is 5.54. The molecular weight excluding hydrogens is 294 g/mol. The third-order valence-electron chi connectivity index (χ3n) is 3.69. The van der Waals surface area contributed by atoms with Crippen molar-refractivity contribution in [1.82, 2.24) is 0 Å². The highest BCUT2D eigenvalue weighted by Gasteiger charge is 2.28. The van der Waals surface area contributed by atoms with Crippen LogP contribution in [-0.2, 0) is 10.0 Å². The molecule has 116 valence electrons. The number of carbonyl (C=O) groups is 1. The Morgan fingerprint density at radius 1 is 1.29 bits per heavy atom. The molecule has 2 N–H and O–H groups in total. The average Bonchev–Trinajstić information content (AvgIpc) is 2.47. The molecule has 21 heavy (non-hydrogen) atoms. The van der Waals surface area contributed by atoms with Crippen molar-refractivity contribution in [1.29, 1.82) is 0 Å². The first kappa shape index (κ1) is 15.6. The fourth-order valence-corrected chi connectivity index (χ4v) is 4.12. The molecule has 7 heteroatoms. The van der Waals surface area contributed by atoms with Crippen LogP contribution in [0.4, 0.5) is 5.69 Å². The Kier molecular flexibility index (Phi) is 4.72. The molecule has 0 aliphatic heterocycles. The Morgan fingerprint density at radius 2 is 1.95 bits per heavy atom. The molecule has 2 rings (SSSR count). The summed E-state index contributed by atoms with van der Waals surface area (Å²) in [7, 11) is -2.12. The van der Waals surface area contributed by atoms with Crippen molar-refractivity contribution in [3.8, 4) is 5.75 Å². The molecule has 0 unspecified atom stereocenters. The molecule has 6 nitrogen and oxygen atoms in total.